The van der Waals surface area contributed by atoms with Gasteiger partial charge < -0.3 is 10.1 Å². The van der Waals surface area contributed by atoms with E-state index in [2.05, 4.69) is 52.2 Å². The lowest BCUT2D eigenvalue weighted by molar-refractivity contribution is 0.301. The van der Waals surface area contributed by atoms with Crippen LogP contribution in [0.3, 0.4) is 0 Å². The van der Waals surface area contributed by atoms with Gasteiger partial charge in [0.25, 0.3) is 0 Å². The number of aromatic nitrogens is 1. The standard InChI is InChI=1S/C16H19BrN2O/c1-12(2)19-10-14-9-18-7-6-16(14)20-11-13-4-3-5-15(17)8-13/h3-9,12,19H,10-11H2,1-2H3. The second-order valence-electron chi connectivity index (χ2n) is 4.94. The van der Waals surface area contributed by atoms with Crippen LogP contribution in [0.4, 0.5) is 0 Å². The number of nitrogens with one attached hydrogen (secondary N) is 1. The van der Waals surface area contributed by atoms with E-state index >= 15 is 0 Å². The van der Waals surface area contributed by atoms with Crippen molar-refractivity contribution in [1.29, 1.82) is 0 Å². The van der Waals surface area contributed by atoms with E-state index in [0.717, 1.165) is 27.9 Å². The zero-order chi connectivity index (χ0) is 14.4. The lowest BCUT2D eigenvalue weighted by Crippen LogP contribution is -2.22. The van der Waals surface area contributed by atoms with Crippen LogP contribution in [0.5, 0.6) is 5.75 Å². The number of ether oxygens (including phenoxy) is 1. The summed E-state index contributed by atoms with van der Waals surface area (Å²) in [5.74, 6) is 0.883. The molecule has 0 saturated heterocycles. The molecule has 0 saturated carbocycles. The van der Waals surface area contributed by atoms with Gasteiger partial charge in [0.1, 0.15) is 12.4 Å². The predicted octanol–water partition coefficient (Wildman–Crippen LogP) is 3.92. The number of benzene rings is 1. The van der Waals surface area contributed by atoms with Crippen molar-refractivity contribution in [2.24, 2.45) is 0 Å². The highest BCUT2D eigenvalue weighted by molar-refractivity contribution is 9.10. The normalized spacial score (nSPS) is 10.8. The zero-order valence-corrected chi connectivity index (χ0v) is 13.4. The van der Waals surface area contributed by atoms with Crippen LogP contribution < -0.4 is 10.1 Å². The van der Waals surface area contributed by atoms with Gasteiger partial charge in [-0.05, 0) is 23.8 Å². The Morgan fingerprint density at radius 1 is 1.30 bits per heavy atom. The summed E-state index contributed by atoms with van der Waals surface area (Å²) in [4.78, 5) is 4.16. The van der Waals surface area contributed by atoms with Crippen molar-refractivity contribution in [1.82, 2.24) is 10.3 Å². The second kappa shape index (κ2) is 7.41. The average Bonchev–Trinajstić information content (AvgIpc) is 2.44. The maximum absolute atomic E-state index is 5.91. The molecule has 2 aromatic rings. The molecule has 0 atom stereocenters. The van der Waals surface area contributed by atoms with Crippen molar-refractivity contribution in [2.75, 3.05) is 0 Å². The molecule has 106 valence electrons. The summed E-state index contributed by atoms with van der Waals surface area (Å²) < 4.78 is 6.97. The SMILES string of the molecule is CC(C)NCc1cnccc1OCc1cccc(Br)c1. The molecule has 0 aliphatic carbocycles. The van der Waals surface area contributed by atoms with Crippen molar-refractivity contribution >= 4 is 15.9 Å². The van der Waals surface area contributed by atoms with E-state index in [4.69, 9.17) is 4.74 Å². The fourth-order valence-electron chi connectivity index (χ4n) is 1.79. The molecular formula is C16H19BrN2O. The van der Waals surface area contributed by atoms with Gasteiger partial charge in [-0.25, -0.2) is 0 Å². The molecule has 2 rings (SSSR count). The van der Waals surface area contributed by atoms with Crippen LogP contribution in [0.2, 0.25) is 0 Å². The largest absolute Gasteiger partial charge is 0.488 e. The van der Waals surface area contributed by atoms with Crippen molar-refractivity contribution in [3.8, 4) is 5.75 Å². The summed E-state index contributed by atoms with van der Waals surface area (Å²) in [5, 5.41) is 3.38. The maximum Gasteiger partial charge on any atom is 0.127 e. The number of nitrogens with zero attached hydrogens (tertiary/aromatic N) is 1. The first-order valence-electron chi connectivity index (χ1n) is 6.68. The molecule has 20 heavy (non-hydrogen) atoms. The third kappa shape index (κ3) is 4.62. The minimum atomic E-state index is 0.438. The summed E-state index contributed by atoms with van der Waals surface area (Å²) in [6.45, 7) is 5.56. The van der Waals surface area contributed by atoms with E-state index in [9.17, 15) is 0 Å². The average molecular weight is 335 g/mol. The Labute approximate surface area is 128 Å². The third-order valence-corrected chi connectivity index (χ3v) is 3.34. The van der Waals surface area contributed by atoms with Crippen molar-refractivity contribution in [3.05, 3.63) is 58.3 Å². The molecule has 1 N–H and O–H groups in total. The fourth-order valence-corrected chi connectivity index (χ4v) is 2.24. The van der Waals surface area contributed by atoms with Crippen molar-refractivity contribution in [3.63, 3.8) is 0 Å². The molecule has 0 aliphatic heterocycles. The lowest BCUT2D eigenvalue weighted by atomic mass is 10.2. The van der Waals surface area contributed by atoms with Gasteiger partial charge in [-0.2, -0.15) is 0 Å². The molecular weight excluding hydrogens is 316 g/mol. The molecule has 1 aromatic heterocycles. The summed E-state index contributed by atoms with van der Waals surface area (Å²) >= 11 is 3.47. The smallest absolute Gasteiger partial charge is 0.127 e. The van der Waals surface area contributed by atoms with Gasteiger partial charge in [0.05, 0.1) is 0 Å². The predicted molar refractivity (Wildman–Crippen MR) is 84.7 cm³/mol. The van der Waals surface area contributed by atoms with Crippen LogP contribution in [-0.4, -0.2) is 11.0 Å². The van der Waals surface area contributed by atoms with E-state index in [1.54, 1.807) is 6.20 Å². The van der Waals surface area contributed by atoms with E-state index in [1.807, 2.05) is 24.4 Å². The molecule has 0 fully saturated rings. The molecule has 3 nitrogen and oxygen atoms in total. The zero-order valence-electron chi connectivity index (χ0n) is 11.8. The Morgan fingerprint density at radius 3 is 2.90 bits per heavy atom. The van der Waals surface area contributed by atoms with Gasteiger partial charge in [-0.3, -0.25) is 4.98 Å². The van der Waals surface area contributed by atoms with Crippen LogP contribution in [0, 0.1) is 0 Å². The molecule has 0 aliphatic rings. The van der Waals surface area contributed by atoms with E-state index in [0.29, 0.717) is 12.6 Å². The Balaban J connectivity index is 2.02. The van der Waals surface area contributed by atoms with Crippen molar-refractivity contribution in [2.45, 2.75) is 33.0 Å². The Bertz CT molecular complexity index is 558. The molecule has 0 amide bonds. The Kier molecular flexibility index (Phi) is 5.56. The molecule has 4 heteroatoms. The first kappa shape index (κ1) is 15.0. The van der Waals surface area contributed by atoms with Gasteiger partial charge in [0.2, 0.25) is 0 Å². The maximum atomic E-state index is 5.91. The fraction of sp³-hybridized carbons (Fsp3) is 0.312. The van der Waals surface area contributed by atoms with Gasteiger partial charge in [-0.15, -0.1) is 0 Å². The van der Waals surface area contributed by atoms with Crippen LogP contribution in [0.1, 0.15) is 25.0 Å². The number of halogens is 1. The molecule has 0 bridgehead atoms. The first-order valence-corrected chi connectivity index (χ1v) is 7.48. The van der Waals surface area contributed by atoms with Crippen LogP contribution in [-0.2, 0) is 13.2 Å². The topological polar surface area (TPSA) is 34.2 Å². The minimum absolute atomic E-state index is 0.438. The Morgan fingerprint density at radius 2 is 2.15 bits per heavy atom. The first-order chi connectivity index (χ1) is 9.65. The molecule has 0 unspecified atom stereocenters. The number of hydrogen-bond acceptors (Lipinski definition) is 3. The number of rotatable bonds is 6. The van der Waals surface area contributed by atoms with Crippen molar-refractivity contribution < 1.29 is 4.74 Å². The molecule has 0 radical (unpaired) electrons. The summed E-state index contributed by atoms with van der Waals surface area (Å²) in [7, 11) is 0. The van der Waals surface area contributed by atoms with E-state index in [1.165, 1.54) is 0 Å². The Hall–Kier alpha value is -1.39. The second-order valence-corrected chi connectivity index (χ2v) is 5.85. The lowest BCUT2D eigenvalue weighted by Gasteiger charge is -2.13. The van der Waals surface area contributed by atoms with E-state index in [-0.39, 0.29) is 0 Å². The highest BCUT2D eigenvalue weighted by atomic mass is 79.9. The van der Waals surface area contributed by atoms with E-state index < -0.39 is 0 Å². The van der Waals surface area contributed by atoms with Crippen LogP contribution >= 0.6 is 15.9 Å². The third-order valence-electron chi connectivity index (χ3n) is 2.84. The summed E-state index contributed by atoms with van der Waals surface area (Å²) in [6.07, 6.45) is 3.61. The highest BCUT2D eigenvalue weighted by Gasteiger charge is 2.05. The molecule has 0 spiro atoms. The highest BCUT2D eigenvalue weighted by Crippen LogP contribution is 2.19. The number of hydrogen-bond donors (Lipinski definition) is 1. The van der Waals surface area contributed by atoms with Crippen LogP contribution in [0.15, 0.2) is 47.2 Å². The molecule has 1 heterocycles. The quantitative estimate of drug-likeness (QED) is 0.869. The minimum Gasteiger partial charge on any atom is -0.488 e. The van der Waals surface area contributed by atoms with Gasteiger partial charge in [-0.1, -0.05) is 41.9 Å². The molecule has 1 aromatic carbocycles. The number of pyridine rings is 1. The monoisotopic (exact) mass is 334 g/mol. The van der Waals surface area contributed by atoms with Gasteiger partial charge in [0.15, 0.2) is 0 Å². The summed E-state index contributed by atoms with van der Waals surface area (Å²) in [5.41, 5.74) is 2.22. The summed E-state index contributed by atoms with van der Waals surface area (Å²) in [6, 6.07) is 10.5. The van der Waals surface area contributed by atoms with Gasteiger partial charge >= 0.3 is 0 Å². The van der Waals surface area contributed by atoms with Crippen LogP contribution in [0.25, 0.3) is 0 Å². The van der Waals surface area contributed by atoms with Gasteiger partial charge in [0, 0.05) is 35.0 Å².